The summed E-state index contributed by atoms with van der Waals surface area (Å²) in [6.45, 7) is 2.36. The number of primary amides is 1. The highest BCUT2D eigenvalue weighted by molar-refractivity contribution is 5.71. The first kappa shape index (κ1) is 11.9. The summed E-state index contributed by atoms with van der Waals surface area (Å²) in [5.41, 5.74) is 6.12. The highest BCUT2D eigenvalue weighted by Gasteiger charge is 2.33. The second-order valence-electron chi connectivity index (χ2n) is 3.89. The molecule has 0 spiro atoms. The Balaban J connectivity index is 2.22. The number of nitrogens with zero attached hydrogens (tertiary/aromatic N) is 1. The number of hydrogen-bond acceptors (Lipinski definition) is 3. The normalized spacial score (nSPS) is 24.6. The van der Waals surface area contributed by atoms with E-state index in [1.807, 2.05) is 37.3 Å². The van der Waals surface area contributed by atoms with E-state index in [9.17, 15) is 4.79 Å². The van der Waals surface area contributed by atoms with Gasteiger partial charge >= 0.3 is 6.03 Å². The van der Waals surface area contributed by atoms with E-state index < -0.39 is 12.3 Å². The van der Waals surface area contributed by atoms with Crippen molar-refractivity contribution in [1.82, 2.24) is 5.06 Å². The SMILES string of the molecule is CC[C@H]1CON(C(N)=O)[C@H](c2ccccc2)O1. The molecule has 0 radical (unpaired) electrons. The lowest BCUT2D eigenvalue weighted by atomic mass is 10.2. The van der Waals surface area contributed by atoms with Crippen molar-refractivity contribution in [2.75, 3.05) is 6.61 Å². The molecule has 1 fully saturated rings. The van der Waals surface area contributed by atoms with E-state index >= 15 is 0 Å². The molecular formula is C12H16N2O3. The van der Waals surface area contributed by atoms with Gasteiger partial charge in [-0.1, -0.05) is 37.3 Å². The number of benzene rings is 1. The molecule has 17 heavy (non-hydrogen) atoms. The van der Waals surface area contributed by atoms with E-state index in [0.717, 1.165) is 17.0 Å². The predicted octanol–water partition coefficient (Wildman–Crippen LogP) is 1.81. The van der Waals surface area contributed by atoms with Gasteiger partial charge in [0.05, 0.1) is 6.10 Å². The summed E-state index contributed by atoms with van der Waals surface area (Å²) in [6.07, 6.45) is 0.249. The van der Waals surface area contributed by atoms with E-state index in [1.54, 1.807) is 0 Å². The number of carbonyl (C=O) groups excluding carboxylic acids is 1. The number of hydrogen-bond donors (Lipinski definition) is 1. The summed E-state index contributed by atoms with van der Waals surface area (Å²) < 4.78 is 5.80. The van der Waals surface area contributed by atoms with Crippen LogP contribution in [0.5, 0.6) is 0 Å². The molecule has 0 bridgehead atoms. The predicted molar refractivity (Wildman–Crippen MR) is 61.7 cm³/mol. The van der Waals surface area contributed by atoms with Crippen LogP contribution in [-0.2, 0) is 9.57 Å². The van der Waals surface area contributed by atoms with Gasteiger partial charge in [-0.2, -0.15) is 5.06 Å². The third-order valence-electron chi connectivity index (χ3n) is 2.69. The van der Waals surface area contributed by atoms with E-state index in [4.69, 9.17) is 15.3 Å². The zero-order chi connectivity index (χ0) is 12.3. The van der Waals surface area contributed by atoms with Crippen LogP contribution in [0.3, 0.4) is 0 Å². The molecule has 2 atom stereocenters. The molecule has 2 rings (SSSR count). The third kappa shape index (κ3) is 2.57. The zero-order valence-corrected chi connectivity index (χ0v) is 9.70. The third-order valence-corrected chi connectivity index (χ3v) is 2.69. The topological polar surface area (TPSA) is 64.8 Å². The molecule has 1 saturated heterocycles. The average Bonchev–Trinajstić information content (AvgIpc) is 2.39. The van der Waals surface area contributed by atoms with Gasteiger partial charge in [-0.3, -0.25) is 4.84 Å². The minimum atomic E-state index is -0.645. The molecule has 2 N–H and O–H groups in total. The van der Waals surface area contributed by atoms with Crippen molar-refractivity contribution in [1.29, 1.82) is 0 Å². The first-order valence-corrected chi connectivity index (χ1v) is 5.64. The Labute approximate surface area is 100 Å². The maximum atomic E-state index is 11.3. The fourth-order valence-electron chi connectivity index (χ4n) is 1.73. The van der Waals surface area contributed by atoms with Crippen LogP contribution < -0.4 is 5.73 Å². The Morgan fingerprint density at radius 3 is 2.76 bits per heavy atom. The van der Waals surface area contributed by atoms with Crippen molar-refractivity contribution < 1.29 is 14.4 Å². The summed E-state index contributed by atoms with van der Waals surface area (Å²) in [7, 11) is 0. The fourth-order valence-corrected chi connectivity index (χ4v) is 1.73. The van der Waals surface area contributed by atoms with Gasteiger partial charge in [0, 0.05) is 5.56 Å². The van der Waals surface area contributed by atoms with Crippen molar-refractivity contribution in [3.63, 3.8) is 0 Å². The fraction of sp³-hybridized carbons (Fsp3) is 0.417. The van der Waals surface area contributed by atoms with Gasteiger partial charge in [-0.15, -0.1) is 0 Å². The second kappa shape index (κ2) is 5.16. The quantitative estimate of drug-likeness (QED) is 0.851. The van der Waals surface area contributed by atoms with Crippen molar-refractivity contribution in [2.24, 2.45) is 5.73 Å². The molecule has 0 aromatic heterocycles. The van der Waals surface area contributed by atoms with Gasteiger partial charge in [-0.25, -0.2) is 4.79 Å². The molecular weight excluding hydrogens is 220 g/mol. The van der Waals surface area contributed by atoms with Crippen molar-refractivity contribution in [2.45, 2.75) is 25.7 Å². The first-order valence-electron chi connectivity index (χ1n) is 5.64. The molecule has 1 heterocycles. The number of amides is 2. The van der Waals surface area contributed by atoms with Crippen molar-refractivity contribution in [3.8, 4) is 0 Å². The Hall–Kier alpha value is -1.59. The molecule has 0 aliphatic carbocycles. The summed E-state index contributed by atoms with van der Waals surface area (Å²) in [5, 5.41) is 1.08. The van der Waals surface area contributed by atoms with Gasteiger partial charge in [-0.05, 0) is 6.42 Å². The number of carbonyl (C=O) groups is 1. The van der Waals surface area contributed by atoms with E-state index in [1.165, 1.54) is 0 Å². The summed E-state index contributed by atoms with van der Waals surface area (Å²) in [6, 6.07) is 8.78. The Morgan fingerprint density at radius 2 is 2.18 bits per heavy atom. The molecule has 1 aromatic rings. The second-order valence-corrected chi connectivity index (χ2v) is 3.89. The van der Waals surface area contributed by atoms with Crippen LogP contribution in [0.4, 0.5) is 4.79 Å². The summed E-state index contributed by atoms with van der Waals surface area (Å²) >= 11 is 0. The van der Waals surface area contributed by atoms with E-state index in [-0.39, 0.29) is 6.10 Å². The molecule has 5 heteroatoms. The summed E-state index contributed by atoms with van der Waals surface area (Å²) in [4.78, 5) is 16.6. The first-order chi connectivity index (χ1) is 8.22. The van der Waals surface area contributed by atoms with Crippen molar-refractivity contribution >= 4 is 6.03 Å². The highest BCUT2D eigenvalue weighted by atomic mass is 16.7. The largest absolute Gasteiger partial charge is 0.350 e. The zero-order valence-electron chi connectivity index (χ0n) is 9.70. The van der Waals surface area contributed by atoms with Crippen molar-refractivity contribution in [3.05, 3.63) is 35.9 Å². The molecule has 0 saturated carbocycles. The number of hydroxylamine groups is 2. The Morgan fingerprint density at radius 1 is 1.47 bits per heavy atom. The van der Waals surface area contributed by atoms with Gasteiger partial charge in [0.2, 0.25) is 0 Å². The Kier molecular flexibility index (Phi) is 3.61. The van der Waals surface area contributed by atoms with Gasteiger partial charge in [0.25, 0.3) is 0 Å². The molecule has 92 valence electrons. The highest BCUT2D eigenvalue weighted by Crippen LogP contribution is 2.28. The standard InChI is InChI=1S/C12H16N2O3/c1-2-10-8-16-14(12(13)15)11(17-10)9-6-4-3-5-7-9/h3-7,10-11H,2,8H2,1H3,(H2,13,15)/t10-,11-/m0/s1. The summed E-state index contributed by atoms with van der Waals surface area (Å²) in [5.74, 6) is 0. The molecule has 2 amide bonds. The Bertz CT molecular complexity index is 383. The van der Waals surface area contributed by atoms with Crippen LogP contribution in [-0.4, -0.2) is 23.8 Å². The van der Waals surface area contributed by atoms with E-state index in [2.05, 4.69) is 0 Å². The number of ether oxygens (including phenoxy) is 1. The minimum Gasteiger partial charge on any atom is -0.350 e. The maximum absolute atomic E-state index is 11.3. The maximum Gasteiger partial charge on any atom is 0.341 e. The number of nitrogens with two attached hydrogens (primary N) is 1. The lowest BCUT2D eigenvalue weighted by molar-refractivity contribution is -0.296. The minimum absolute atomic E-state index is 0.0178. The number of urea groups is 1. The smallest absolute Gasteiger partial charge is 0.341 e. The van der Waals surface area contributed by atoms with Crippen LogP contribution in [0.15, 0.2) is 30.3 Å². The van der Waals surface area contributed by atoms with Gasteiger partial charge in [0.1, 0.15) is 6.61 Å². The lowest BCUT2D eigenvalue weighted by Gasteiger charge is -2.37. The van der Waals surface area contributed by atoms with Gasteiger partial charge in [0.15, 0.2) is 6.23 Å². The van der Waals surface area contributed by atoms with Crippen LogP contribution in [0.25, 0.3) is 0 Å². The van der Waals surface area contributed by atoms with Gasteiger partial charge < -0.3 is 10.5 Å². The van der Waals surface area contributed by atoms with Crippen LogP contribution in [0.2, 0.25) is 0 Å². The molecule has 1 aliphatic heterocycles. The monoisotopic (exact) mass is 236 g/mol. The molecule has 1 aliphatic rings. The van der Waals surface area contributed by atoms with Crippen LogP contribution >= 0.6 is 0 Å². The molecule has 1 aromatic carbocycles. The lowest BCUT2D eigenvalue weighted by Crippen LogP contribution is -2.47. The van der Waals surface area contributed by atoms with Crippen LogP contribution in [0.1, 0.15) is 25.1 Å². The van der Waals surface area contributed by atoms with Crippen LogP contribution in [0, 0.1) is 0 Å². The average molecular weight is 236 g/mol. The van der Waals surface area contributed by atoms with E-state index in [0.29, 0.717) is 6.61 Å². The number of rotatable bonds is 2. The molecule has 5 nitrogen and oxygen atoms in total. The molecule has 0 unspecified atom stereocenters.